The van der Waals surface area contributed by atoms with E-state index in [9.17, 15) is 4.79 Å². The van der Waals surface area contributed by atoms with Crippen LogP contribution >= 0.6 is 11.6 Å². The summed E-state index contributed by atoms with van der Waals surface area (Å²) in [5.74, 6) is -0.185. The molecule has 0 heterocycles. The number of nitrogens with one attached hydrogen (secondary N) is 1. The van der Waals surface area contributed by atoms with Crippen LogP contribution < -0.4 is 5.32 Å². The molecule has 0 aromatic heterocycles. The molecule has 3 heteroatoms. The second kappa shape index (κ2) is 7.33. The van der Waals surface area contributed by atoms with Gasteiger partial charge >= 0.3 is 0 Å². The van der Waals surface area contributed by atoms with E-state index in [1.807, 2.05) is 73.7 Å². The number of rotatable bonds is 4. The lowest BCUT2D eigenvalue weighted by Crippen LogP contribution is -2.29. The number of hydrogen-bond acceptors (Lipinski definition) is 1. The van der Waals surface area contributed by atoms with Gasteiger partial charge in [-0.05, 0) is 30.2 Å². The molecule has 2 nitrogen and oxygen atoms in total. The minimum absolute atomic E-state index is 0.185. The second-order valence-corrected chi connectivity index (χ2v) is 6.11. The molecule has 0 saturated heterocycles. The highest BCUT2D eigenvalue weighted by molar-refractivity contribution is 6.33. The molecule has 3 aromatic carbocycles. The Hall–Kier alpha value is -2.58. The molecule has 120 valence electrons. The highest BCUT2D eigenvalue weighted by Crippen LogP contribution is 2.24. The lowest BCUT2D eigenvalue weighted by molar-refractivity contribution is 0.0943. The predicted molar refractivity (Wildman–Crippen MR) is 98.4 cm³/mol. The first kappa shape index (κ1) is 16.3. The van der Waals surface area contributed by atoms with Crippen molar-refractivity contribution in [1.29, 1.82) is 0 Å². The normalized spacial score (nSPS) is 11.8. The van der Waals surface area contributed by atoms with E-state index in [2.05, 4.69) is 5.32 Å². The summed E-state index contributed by atoms with van der Waals surface area (Å²) >= 11 is 6.15. The van der Waals surface area contributed by atoms with Crippen molar-refractivity contribution in [1.82, 2.24) is 5.32 Å². The first-order valence-corrected chi connectivity index (χ1v) is 8.20. The van der Waals surface area contributed by atoms with Crippen molar-refractivity contribution < 1.29 is 4.79 Å². The fourth-order valence-electron chi connectivity index (χ4n) is 2.62. The fourth-order valence-corrected chi connectivity index (χ4v) is 2.84. The van der Waals surface area contributed by atoms with Crippen LogP contribution in [0.5, 0.6) is 0 Å². The van der Waals surface area contributed by atoms with Gasteiger partial charge in [0.15, 0.2) is 0 Å². The van der Waals surface area contributed by atoms with Crippen molar-refractivity contribution in [3.8, 4) is 0 Å². The number of amides is 1. The minimum atomic E-state index is -0.226. The maximum atomic E-state index is 12.7. The van der Waals surface area contributed by atoms with Crippen molar-refractivity contribution in [2.45, 2.75) is 13.0 Å². The van der Waals surface area contributed by atoms with Gasteiger partial charge < -0.3 is 5.32 Å². The van der Waals surface area contributed by atoms with Gasteiger partial charge in [-0.3, -0.25) is 4.79 Å². The highest BCUT2D eigenvalue weighted by atomic mass is 35.5. The number of carbonyl (C=O) groups is 1. The lowest BCUT2D eigenvalue weighted by Gasteiger charge is -2.20. The van der Waals surface area contributed by atoms with Crippen molar-refractivity contribution in [2.24, 2.45) is 0 Å². The molecule has 0 aliphatic rings. The van der Waals surface area contributed by atoms with Crippen LogP contribution in [0, 0.1) is 6.92 Å². The highest BCUT2D eigenvalue weighted by Gasteiger charge is 2.18. The van der Waals surface area contributed by atoms with Gasteiger partial charge in [0.05, 0.1) is 16.6 Å². The summed E-state index contributed by atoms with van der Waals surface area (Å²) in [5.41, 5.74) is 3.73. The Kier molecular flexibility index (Phi) is 4.97. The summed E-state index contributed by atoms with van der Waals surface area (Å²) in [6.45, 7) is 2.05. The van der Waals surface area contributed by atoms with Gasteiger partial charge in [0.25, 0.3) is 5.91 Å². The molecule has 3 rings (SSSR count). The molecule has 0 spiro atoms. The molecular weight excluding hydrogens is 318 g/mol. The van der Waals surface area contributed by atoms with E-state index in [-0.39, 0.29) is 11.9 Å². The Balaban J connectivity index is 1.95. The third kappa shape index (κ3) is 3.66. The van der Waals surface area contributed by atoms with Gasteiger partial charge in [-0.25, -0.2) is 0 Å². The molecule has 0 saturated carbocycles. The number of hydrogen-bond donors (Lipinski definition) is 1. The lowest BCUT2D eigenvalue weighted by atomic mass is 9.97. The fraction of sp³-hybridized carbons (Fsp3) is 0.0952. The molecule has 1 N–H and O–H groups in total. The van der Waals surface area contributed by atoms with Gasteiger partial charge in [-0.2, -0.15) is 0 Å². The van der Waals surface area contributed by atoms with E-state index in [4.69, 9.17) is 11.6 Å². The minimum Gasteiger partial charge on any atom is -0.341 e. The van der Waals surface area contributed by atoms with Crippen molar-refractivity contribution in [2.75, 3.05) is 0 Å². The van der Waals surface area contributed by atoms with E-state index in [0.717, 1.165) is 11.1 Å². The smallest absolute Gasteiger partial charge is 0.253 e. The zero-order chi connectivity index (χ0) is 16.9. The van der Waals surface area contributed by atoms with Crippen LogP contribution in [0.1, 0.15) is 33.1 Å². The quantitative estimate of drug-likeness (QED) is 0.700. The maximum absolute atomic E-state index is 12.7. The van der Waals surface area contributed by atoms with Crippen LogP contribution in [-0.4, -0.2) is 5.91 Å². The molecule has 0 fully saturated rings. The number of carbonyl (C=O) groups excluding carboxylic acids is 1. The van der Waals surface area contributed by atoms with Crippen LogP contribution in [0.3, 0.4) is 0 Å². The maximum Gasteiger partial charge on any atom is 0.253 e. The summed E-state index contributed by atoms with van der Waals surface area (Å²) in [7, 11) is 0. The van der Waals surface area contributed by atoms with Gasteiger partial charge in [-0.1, -0.05) is 83.9 Å². The molecule has 0 aliphatic heterocycles. The molecule has 3 aromatic rings. The average Bonchev–Trinajstić information content (AvgIpc) is 2.61. The first-order valence-electron chi connectivity index (χ1n) is 7.82. The number of benzene rings is 3. The molecule has 1 atom stereocenters. The second-order valence-electron chi connectivity index (χ2n) is 5.71. The molecule has 0 bridgehead atoms. The third-order valence-corrected chi connectivity index (χ3v) is 4.27. The molecule has 0 radical (unpaired) electrons. The van der Waals surface area contributed by atoms with Crippen molar-refractivity contribution in [3.63, 3.8) is 0 Å². The Labute approximate surface area is 147 Å². The largest absolute Gasteiger partial charge is 0.341 e. The molecule has 0 unspecified atom stereocenters. The Morgan fingerprint density at radius 1 is 0.833 bits per heavy atom. The van der Waals surface area contributed by atoms with E-state index in [0.29, 0.717) is 10.6 Å². The van der Waals surface area contributed by atoms with E-state index in [1.165, 1.54) is 5.56 Å². The number of halogens is 1. The average molecular weight is 336 g/mol. The van der Waals surface area contributed by atoms with Crippen LogP contribution in [0.15, 0.2) is 78.9 Å². The van der Waals surface area contributed by atoms with Crippen LogP contribution in [0.2, 0.25) is 5.02 Å². The summed E-state index contributed by atoms with van der Waals surface area (Å²) in [4.78, 5) is 12.7. The van der Waals surface area contributed by atoms with Crippen LogP contribution in [-0.2, 0) is 0 Å². The Morgan fingerprint density at radius 3 is 2.08 bits per heavy atom. The third-order valence-electron chi connectivity index (χ3n) is 3.94. The van der Waals surface area contributed by atoms with E-state index < -0.39 is 0 Å². The first-order chi connectivity index (χ1) is 11.6. The van der Waals surface area contributed by atoms with Gasteiger partial charge in [0, 0.05) is 0 Å². The predicted octanol–water partition coefficient (Wildman–Crippen LogP) is 5.17. The van der Waals surface area contributed by atoms with E-state index in [1.54, 1.807) is 12.1 Å². The molecule has 1 amide bonds. The van der Waals surface area contributed by atoms with Crippen LogP contribution in [0.25, 0.3) is 0 Å². The molecular formula is C21H18ClNO. The topological polar surface area (TPSA) is 29.1 Å². The summed E-state index contributed by atoms with van der Waals surface area (Å²) in [6, 6.07) is 25.0. The number of aryl methyl sites for hydroxylation is 1. The zero-order valence-electron chi connectivity index (χ0n) is 13.4. The Morgan fingerprint density at radius 2 is 1.42 bits per heavy atom. The SMILES string of the molecule is Cc1ccc([C@@H](NC(=O)c2ccccc2Cl)c2ccccc2)cc1. The van der Waals surface area contributed by atoms with Crippen molar-refractivity contribution >= 4 is 17.5 Å². The monoisotopic (exact) mass is 335 g/mol. The van der Waals surface area contributed by atoms with Gasteiger partial charge in [-0.15, -0.1) is 0 Å². The molecule has 24 heavy (non-hydrogen) atoms. The van der Waals surface area contributed by atoms with E-state index >= 15 is 0 Å². The van der Waals surface area contributed by atoms with Gasteiger partial charge in [0.2, 0.25) is 0 Å². The zero-order valence-corrected chi connectivity index (χ0v) is 14.1. The summed E-state index contributed by atoms with van der Waals surface area (Å²) in [5, 5.41) is 3.55. The molecule has 0 aliphatic carbocycles. The summed E-state index contributed by atoms with van der Waals surface area (Å²) in [6.07, 6.45) is 0. The van der Waals surface area contributed by atoms with Crippen LogP contribution in [0.4, 0.5) is 0 Å². The standard InChI is InChI=1S/C21H18ClNO/c1-15-11-13-17(14-12-15)20(16-7-3-2-4-8-16)23-21(24)18-9-5-6-10-19(18)22/h2-14,20H,1H3,(H,23,24)/t20-/m0/s1. The summed E-state index contributed by atoms with van der Waals surface area (Å²) < 4.78 is 0. The Bertz CT molecular complexity index is 828. The van der Waals surface area contributed by atoms with Crippen molar-refractivity contribution in [3.05, 3.63) is 106 Å². The van der Waals surface area contributed by atoms with Gasteiger partial charge in [0.1, 0.15) is 0 Å².